The van der Waals surface area contributed by atoms with E-state index in [1.54, 1.807) is 24.3 Å². The van der Waals surface area contributed by atoms with E-state index < -0.39 is 23.1 Å². The third-order valence-corrected chi connectivity index (χ3v) is 7.72. The van der Waals surface area contributed by atoms with E-state index in [1.807, 2.05) is 4.90 Å². The Morgan fingerprint density at radius 1 is 1.08 bits per heavy atom. The molecule has 1 spiro atoms. The van der Waals surface area contributed by atoms with Crippen LogP contribution in [0.4, 0.5) is 8.78 Å². The third kappa shape index (κ3) is 4.49. The molecule has 0 radical (unpaired) electrons. The number of benzene rings is 2. The molecule has 3 fully saturated rings. The molecule has 8 nitrogen and oxygen atoms in total. The number of hydrogen-bond acceptors (Lipinski definition) is 5. The number of pyridine rings is 1. The summed E-state index contributed by atoms with van der Waals surface area (Å²) in [6, 6.07) is 9.42. The molecule has 3 aromatic rings. The minimum atomic E-state index is -0.746. The molecule has 1 aromatic heterocycles. The molecular weight excluding hydrogens is 494 g/mol. The van der Waals surface area contributed by atoms with Gasteiger partial charge in [-0.3, -0.25) is 19.4 Å². The van der Waals surface area contributed by atoms with Gasteiger partial charge in [-0.05, 0) is 54.7 Å². The third-order valence-electron chi connectivity index (χ3n) is 7.72. The van der Waals surface area contributed by atoms with Crippen LogP contribution in [0.1, 0.15) is 41.6 Å². The number of rotatable bonds is 5. The summed E-state index contributed by atoms with van der Waals surface area (Å²) >= 11 is 0. The zero-order valence-corrected chi connectivity index (χ0v) is 20.6. The number of amides is 3. The molecule has 38 heavy (non-hydrogen) atoms. The molecule has 1 saturated carbocycles. The monoisotopic (exact) mass is 520 g/mol. The van der Waals surface area contributed by atoms with Crippen LogP contribution in [0.15, 0.2) is 42.6 Å². The SMILES string of the molecule is NC(=O)c1cnc2cc(-c3cc(F)c(CN4CCC5(CC4=O)CN(C4CC4)C(=O)CO5)c(F)c3)ccc2c1. The van der Waals surface area contributed by atoms with Crippen LogP contribution in [0.3, 0.4) is 0 Å². The van der Waals surface area contributed by atoms with Gasteiger partial charge in [0.2, 0.25) is 17.7 Å². The Morgan fingerprint density at radius 3 is 2.53 bits per heavy atom. The highest BCUT2D eigenvalue weighted by Gasteiger charge is 2.48. The van der Waals surface area contributed by atoms with Crippen molar-refractivity contribution < 1.29 is 27.9 Å². The molecule has 2 aliphatic heterocycles. The van der Waals surface area contributed by atoms with Crippen LogP contribution >= 0.6 is 0 Å². The first-order chi connectivity index (χ1) is 18.2. The molecule has 3 amide bonds. The standard InChI is InChI=1S/C28H26F2N4O4/c29-22-8-18(16-1-2-17-7-19(27(31)37)12-32-24(17)10-16)9-23(30)21(22)13-33-6-5-28(11-25(33)35)15-34(20-3-4-20)26(36)14-38-28/h1-2,7-10,12,20H,3-6,11,13-15H2,(H2,31,37). The van der Waals surface area contributed by atoms with Crippen LogP contribution in [0.25, 0.3) is 22.0 Å². The lowest BCUT2D eigenvalue weighted by Crippen LogP contribution is -2.60. The fraction of sp³-hybridized carbons (Fsp3) is 0.357. The number of nitrogens with zero attached hydrogens (tertiary/aromatic N) is 3. The van der Waals surface area contributed by atoms with Crippen LogP contribution in [0.5, 0.6) is 0 Å². The Balaban J connectivity index is 1.18. The maximum Gasteiger partial charge on any atom is 0.250 e. The number of halogens is 2. The summed E-state index contributed by atoms with van der Waals surface area (Å²) < 4.78 is 36.2. The summed E-state index contributed by atoms with van der Waals surface area (Å²) in [5, 5.41) is 0.676. The second-order valence-electron chi connectivity index (χ2n) is 10.4. The minimum absolute atomic E-state index is 0.0366. The number of primary amides is 1. The Labute approximate surface area is 217 Å². The van der Waals surface area contributed by atoms with Crippen LogP contribution in [0.2, 0.25) is 0 Å². The van der Waals surface area contributed by atoms with Crippen molar-refractivity contribution in [1.82, 2.24) is 14.8 Å². The first-order valence-electron chi connectivity index (χ1n) is 12.6. The molecule has 1 unspecified atom stereocenters. The van der Waals surface area contributed by atoms with E-state index in [0.717, 1.165) is 12.8 Å². The lowest BCUT2D eigenvalue weighted by molar-refractivity contribution is -0.178. The average Bonchev–Trinajstić information content (AvgIpc) is 3.74. The predicted molar refractivity (Wildman–Crippen MR) is 134 cm³/mol. The van der Waals surface area contributed by atoms with Crippen molar-refractivity contribution in [3.8, 4) is 11.1 Å². The van der Waals surface area contributed by atoms with Crippen molar-refractivity contribution in [1.29, 1.82) is 0 Å². The van der Waals surface area contributed by atoms with Crippen molar-refractivity contribution in [2.24, 2.45) is 5.73 Å². The summed E-state index contributed by atoms with van der Waals surface area (Å²) in [4.78, 5) is 44.1. The van der Waals surface area contributed by atoms with E-state index in [1.165, 1.54) is 23.2 Å². The van der Waals surface area contributed by atoms with Gasteiger partial charge in [0.25, 0.3) is 0 Å². The Hall–Kier alpha value is -3.92. The van der Waals surface area contributed by atoms with Crippen LogP contribution in [-0.2, 0) is 20.9 Å². The molecule has 2 aromatic carbocycles. The number of nitrogens with two attached hydrogens (primary N) is 1. The van der Waals surface area contributed by atoms with Gasteiger partial charge in [0.15, 0.2) is 0 Å². The lowest BCUT2D eigenvalue weighted by Gasteiger charge is -2.46. The van der Waals surface area contributed by atoms with Crippen molar-refractivity contribution >= 4 is 28.6 Å². The number of ether oxygens (including phenoxy) is 1. The summed E-state index contributed by atoms with van der Waals surface area (Å²) in [5.41, 5.74) is 6.11. The van der Waals surface area contributed by atoms with Gasteiger partial charge < -0.3 is 20.3 Å². The number of morpholine rings is 1. The number of carbonyl (C=O) groups is 3. The van der Waals surface area contributed by atoms with Gasteiger partial charge >= 0.3 is 0 Å². The highest BCUT2D eigenvalue weighted by atomic mass is 19.1. The normalized spacial score (nSPS) is 21.9. The number of fused-ring (bicyclic) bond motifs is 1. The van der Waals surface area contributed by atoms with Gasteiger partial charge in [-0.25, -0.2) is 8.78 Å². The summed E-state index contributed by atoms with van der Waals surface area (Å²) in [6.45, 7) is 0.451. The van der Waals surface area contributed by atoms with Gasteiger partial charge in [0.1, 0.15) is 18.2 Å². The number of aromatic nitrogens is 1. The smallest absolute Gasteiger partial charge is 0.250 e. The topological polar surface area (TPSA) is 106 Å². The molecule has 6 rings (SSSR count). The van der Waals surface area contributed by atoms with E-state index in [2.05, 4.69) is 4.98 Å². The first kappa shape index (κ1) is 24.4. The zero-order chi connectivity index (χ0) is 26.6. The predicted octanol–water partition coefficient (Wildman–Crippen LogP) is 3.16. The van der Waals surface area contributed by atoms with Crippen LogP contribution in [-0.4, -0.2) is 63.8 Å². The van der Waals surface area contributed by atoms with Gasteiger partial charge in [-0.1, -0.05) is 12.1 Å². The number of carbonyl (C=O) groups excluding carboxylic acids is 3. The summed E-state index contributed by atoms with van der Waals surface area (Å²) in [6.07, 6.45) is 3.88. The van der Waals surface area contributed by atoms with Crippen LogP contribution in [0, 0.1) is 11.6 Å². The van der Waals surface area contributed by atoms with E-state index in [-0.39, 0.29) is 55.1 Å². The molecule has 196 valence electrons. The Bertz CT molecular complexity index is 1470. The quantitative estimate of drug-likeness (QED) is 0.557. The van der Waals surface area contributed by atoms with Gasteiger partial charge in [-0.2, -0.15) is 0 Å². The number of hydrogen-bond donors (Lipinski definition) is 1. The van der Waals surface area contributed by atoms with Crippen molar-refractivity contribution in [3.63, 3.8) is 0 Å². The molecule has 1 atom stereocenters. The molecule has 2 N–H and O–H groups in total. The van der Waals surface area contributed by atoms with E-state index in [4.69, 9.17) is 10.5 Å². The number of piperidine rings is 1. The Kier molecular flexibility index (Phi) is 5.86. The van der Waals surface area contributed by atoms with Crippen molar-refractivity contribution in [3.05, 3.63) is 65.4 Å². The van der Waals surface area contributed by atoms with E-state index in [9.17, 15) is 14.4 Å². The molecule has 0 bridgehead atoms. The molecule has 3 aliphatic rings. The molecular formula is C28H26F2N4O4. The summed E-state index contributed by atoms with van der Waals surface area (Å²) in [7, 11) is 0. The maximum absolute atomic E-state index is 15.2. The molecule has 3 heterocycles. The minimum Gasteiger partial charge on any atom is -0.366 e. The molecule has 2 saturated heterocycles. The fourth-order valence-electron chi connectivity index (χ4n) is 5.37. The van der Waals surface area contributed by atoms with Gasteiger partial charge in [-0.15, -0.1) is 0 Å². The van der Waals surface area contributed by atoms with Gasteiger partial charge in [0, 0.05) is 29.7 Å². The van der Waals surface area contributed by atoms with Gasteiger partial charge in [0.05, 0.1) is 36.2 Å². The van der Waals surface area contributed by atoms with Crippen LogP contribution < -0.4 is 5.73 Å². The lowest BCUT2D eigenvalue weighted by atomic mass is 9.88. The first-order valence-corrected chi connectivity index (χ1v) is 12.6. The largest absolute Gasteiger partial charge is 0.366 e. The summed E-state index contributed by atoms with van der Waals surface area (Å²) in [5.74, 6) is -2.38. The number of likely N-dealkylation sites (tertiary alicyclic amines) is 1. The highest BCUT2D eigenvalue weighted by molar-refractivity contribution is 5.96. The van der Waals surface area contributed by atoms with E-state index >= 15 is 8.78 Å². The fourth-order valence-corrected chi connectivity index (χ4v) is 5.37. The Morgan fingerprint density at radius 2 is 1.84 bits per heavy atom. The average molecular weight is 521 g/mol. The highest BCUT2D eigenvalue weighted by Crippen LogP contribution is 2.37. The zero-order valence-electron chi connectivity index (χ0n) is 20.6. The maximum atomic E-state index is 15.2. The second kappa shape index (κ2) is 9.13. The molecule has 10 heteroatoms. The van der Waals surface area contributed by atoms with E-state index in [0.29, 0.717) is 35.0 Å². The second-order valence-corrected chi connectivity index (χ2v) is 10.4. The van der Waals surface area contributed by atoms with Crippen molar-refractivity contribution in [2.45, 2.75) is 43.9 Å². The molecule has 1 aliphatic carbocycles. The van der Waals surface area contributed by atoms with Crippen molar-refractivity contribution in [2.75, 3.05) is 19.7 Å².